The molecule has 0 aliphatic heterocycles. The number of amides is 1. The molecule has 1 aromatic carbocycles. The van der Waals surface area contributed by atoms with Gasteiger partial charge >= 0.3 is 0 Å². The first-order valence-corrected chi connectivity index (χ1v) is 8.16. The van der Waals surface area contributed by atoms with Gasteiger partial charge < -0.3 is 19.7 Å². The number of hydrogen-bond donors (Lipinski definition) is 1. The zero-order valence-electron chi connectivity index (χ0n) is 15.3. The van der Waals surface area contributed by atoms with E-state index < -0.39 is 0 Å². The summed E-state index contributed by atoms with van der Waals surface area (Å²) in [4.78, 5) is 23.0. The fourth-order valence-electron chi connectivity index (χ4n) is 2.44. The van der Waals surface area contributed by atoms with Gasteiger partial charge in [0.05, 0.1) is 19.9 Å². The molecule has 2 aromatic rings. The van der Waals surface area contributed by atoms with Crippen LogP contribution in [0.1, 0.15) is 30.0 Å². The second-order valence-electron chi connectivity index (χ2n) is 5.39. The number of aryl methyl sites for hydroxylation is 1. The molecular formula is C18H24N4O3. The maximum absolute atomic E-state index is 12.6. The summed E-state index contributed by atoms with van der Waals surface area (Å²) < 4.78 is 10.6. The van der Waals surface area contributed by atoms with E-state index in [0.717, 1.165) is 0 Å². The first-order valence-electron chi connectivity index (χ1n) is 8.16. The highest BCUT2D eigenvalue weighted by Crippen LogP contribution is 2.30. The van der Waals surface area contributed by atoms with Gasteiger partial charge in [-0.3, -0.25) is 4.79 Å². The predicted octanol–water partition coefficient (Wildman–Crippen LogP) is 3.03. The Bertz CT molecular complexity index is 745. The summed E-state index contributed by atoms with van der Waals surface area (Å²) in [6.07, 6.45) is 0. The number of methoxy groups -OCH3 is 2. The number of rotatable bonds is 7. The number of carbonyl (C=O) groups is 1. The first kappa shape index (κ1) is 18.5. The smallest absolute Gasteiger partial charge is 0.272 e. The molecule has 2 rings (SSSR count). The van der Waals surface area contributed by atoms with Gasteiger partial charge in [0.2, 0.25) is 5.95 Å². The van der Waals surface area contributed by atoms with Crippen LogP contribution in [0.2, 0.25) is 0 Å². The van der Waals surface area contributed by atoms with E-state index in [1.807, 2.05) is 20.8 Å². The Labute approximate surface area is 148 Å². The third-order valence-electron chi connectivity index (χ3n) is 3.78. The van der Waals surface area contributed by atoms with Crippen LogP contribution in [-0.2, 0) is 0 Å². The highest BCUT2D eigenvalue weighted by molar-refractivity contribution is 5.92. The highest BCUT2D eigenvalue weighted by atomic mass is 16.5. The van der Waals surface area contributed by atoms with Gasteiger partial charge in [-0.05, 0) is 39.0 Å². The van der Waals surface area contributed by atoms with Crippen LogP contribution in [0, 0.1) is 6.92 Å². The lowest BCUT2D eigenvalue weighted by atomic mass is 10.2. The van der Waals surface area contributed by atoms with Crippen molar-refractivity contribution in [3.8, 4) is 11.5 Å². The molecule has 7 nitrogen and oxygen atoms in total. The number of anilines is 2. The molecule has 1 heterocycles. The molecule has 134 valence electrons. The van der Waals surface area contributed by atoms with Crippen LogP contribution in [0.15, 0.2) is 24.3 Å². The van der Waals surface area contributed by atoms with E-state index in [4.69, 9.17) is 9.47 Å². The van der Waals surface area contributed by atoms with Crippen LogP contribution in [0.3, 0.4) is 0 Å². The van der Waals surface area contributed by atoms with E-state index in [-0.39, 0.29) is 5.91 Å². The predicted molar refractivity (Wildman–Crippen MR) is 96.8 cm³/mol. The van der Waals surface area contributed by atoms with Crippen molar-refractivity contribution in [3.05, 3.63) is 35.7 Å². The summed E-state index contributed by atoms with van der Waals surface area (Å²) >= 11 is 0. The van der Waals surface area contributed by atoms with Crippen LogP contribution >= 0.6 is 0 Å². The summed E-state index contributed by atoms with van der Waals surface area (Å²) in [6, 6.07) is 7.07. The molecule has 0 atom stereocenters. The Morgan fingerprint density at radius 3 is 2.44 bits per heavy atom. The molecule has 1 aromatic heterocycles. The number of aromatic nitrogens is 2. The van der Waals surface area contributed by atoms with Crippen LogP contribution < -0.4 is 14.8 Å². The van der Waals surface area contributed by atoms with Crippen molar-refractivity contribution < 1.29 is 14.3 Å². The van der Waals surface area contributed by atoms with Crippen LogP contribution in [0.5, 0.6) is 11.5 Å². The van der Waals surface area contributed by atoms with E-state index >= 15 is 0 Å². The molecule has 0 fully saturated rings. The van der Waals surface area contributed by atoms with Crippen LogP contribution in [0.25, 0.3) is 0 Å². The number of benzene rings is 1. The number of hydrogen-bond acceptors (Lipinski definition) is 6. The third kappa shape index (κ3) is 4.37. The van der Waals surface area contributed by atoms with Gasteiger partial charge in [0.25, 0.3) is 5.91 Å². The molecule has 0 bridgehead atoms. The molecule has 0 saturated carbocycles. The molecule has 0 unspecified atom stereocenters. The molecule has 7 heteroatoms. The number of carbonyl (C=O) groups excluding carboxylic acids is 1. The number of nitrogens with zero attached hydrogens (tertiary/aromatic N) is 3. The monoisotopic (exact) mass is 344 g/mol. The summed E-state index contributed by atoms with van der Waals surface area (Å²) in [7, 11) is 3.18. The van der Waals surface area contributed by atoms with E-state index in [9.17, 15) is 4.79 Å². The Kier molecular flexibility index (Phi) is 6.16. The Morgan fingerprint density at radius 1 is 1.12 bits per heavy atom. The second-order valence-corrected chi connectivity index (χ2v) is 5.39. The van der Waals surface area contributed by atoms with Gasteiger partial charge in [-0.25, -0.2) is 9.97 Å². The lowest BCUT2D eigenvalue weighted by Gasteiger charge is -2.18. The minimum absolute atomic E-state index is 0.115. The van der Waals surface area contributed by atoms with Gasteiger partial charge in [-0.15, -0.1) is 0 Å². The molecule has 0 spiro atoms. The number of ether oxygens (including phenoxy) is 2. The zero-order valence-corrected chi connectivity index (χ0v) is 15.3. The van der Waals surface area contributed by atoms with Crippen molar-refractivity contribution in [1.29, 1.82) is 0 Å². The molecule has 0 aliphatic rings. The minimum atomic E-state index is -0.115. The van der Waals surface area contributed by atoms with Gasteiger partial charge in [0.1, 0.15) is 17.2 Å². The molecular weight excluding hydrogens is 320 g/mol. The summed E-state index contributed by atoms with van der Waals surface area (Å²) in [6.45, 7) is 6.97. The molecule has 0 radical (unpaired) electrons. The lowest BCUT2D eigenvalue weighted by molar-refractivity contribution is 0.0767. The van der Waals surface area contributed by atoms with Crippen LogP contribution in [-0.4, -0.2) is 48.1 Å². The molecule has 1 amide bonds. The summed E-state index contributed by atoms with van der Waals surface area (Å²) in [5.74, 6) is 1.52. The van der Waals surface area contributed by atoms with E-state index in [1.165, 1.54) is 0 Å². The quantitative estimate of drug-likeness (QED) is 0.832. The minimum Gasteiger partial charge on any atom is -0.497 e. The Hall–Kier alpha value is -2.83. The topological polar surface area (TPSA) is 76.6 Å². The summed E-state index contributed by atoms with van der Waals surface area (Å²) in [5, 5.41) is 3.11. The third-order valence-corrected chi connectivity index (χ3v) is 3.78. The van der Waals surface area contributed by atoms with Gasteiger partial charge in [-0.2, -0.15) is 0 Å². The molecule has 25 heavy (non-hydrogen) atoms. The van der Waals surface area contributed by atoms with Gasteiger partial charge in [-0.1, -0.05) is 0 Å². The second kappa shape index (κ2) is 8.32. The van der Waals surface area contributed by atoms with Crippen molar-refractivity contribution in [1.82, 2.24) is 14.9 Å². The number of nitrogens with one attached hydrogen (secondary N) is 1. The molecule has 0 saturated heterocycles. The maximum atomic E-state index is 12.6. The van der Waals surface area contributed by atoms with Crippen molar-refractivity contribution in [3.63, 3.8) is 0 Å². The van der Waals surface area contributed by atoms with E-state index in [0.29, 0.717) is 47.6 Å². The fraction of sp³-hybridized carbons (Fsp3) is 0.389. The molecule has 1 N–H and O–H groups in total. The van der Waals surface area contributed by atoms with Gasteiger partial charge in [0.15, 0.2) is 0 Å². The van der Waals surface area contributed by atoms with Crippen molar-refractivity contribution in [2.45, 2.75) is 20.8 Å². The average molecular weight is 344 g/mol. The SMILES string of the molecule is CCN(CC)C(=O)c1cc(C)nc(Nc2cc(OC)ccc2OC)n1. The fourth-order valence-corrected chi connectivity index (χ4v) is 2.44. The van der Waals surface area contributed by atoms with Gasteiger partial charge in [0, 0.05) is 24.8 Å². The van der Waals surface area contributed by atoms with Crippen molar-refractivity contribution in [2.24, 2.45) is 0 Å². The highest BCUT2D eigenvalue weighted by Gasteiger charge is 2.16. The maximum Gasteiger partial charge on any atom is 0.272 e. The van der Waals surface area contributed by atoms with E-state index in [1.54, 1.807) is 43.4 Å². The zero-order chi connectivity index (χ0) is 18.4. The Balaban J connectivity index is 2.36. The first-order chi connectivity index (χ1) is 12.0. The van der Waals surface area contributed by atoms with Crippen molar-refractivity contribution >= 4 is 17.5 Å². The normalized spacial score (nSPS) is 10.3. The Morgan fingerprint density at radius 2 is 1.84 bits per heavy atom. The lowest BCUT2D eigenvalue weighted by Crippen LogP contribution is -2.31. The standard InChI is InChI=1S/C18H24N4O3/c1-6-22(7-2)17(23)15-10-12(3)19-18(21-15)20-14-11-13(24-4)8-9-16(14)25-5/h8-11H,6-7H2,1-5H3,(H,19,20,21). The van der Waals surface area contributed by atoms with Crippen molar-refractivity contribution in [2.75, 3.05) is 32.6 Å². The van der Waals surface area contributed by atoms with E-state index in [2.05, 4.69) is 15.3 Å². The summed E-state index contributed by atoms with van der Waals surface area (Å²) in [5.41, 5.74) is 1.73. The largest absolute Gasteiger partial charge is 0.497 e. The average Bonchev–Trinajstić information content (AvgIpc) is 2.62. The van der Waals surface area contributed by atoms with Crippen LogP contribution in [0.4, 0.5) is 11.6 Å². The molecule has 0 aliphatic carbocycles.